The van der Waals surface area contributed by atoms with E-state index in [0.717, 1.165) is 11.1 Å². The Kier molecular flexibility index (Phi) is 3.20. The van der Waals surface area contributed by atoms with E-state index in [-0.39, 0.29) is 11.5 Å². The van der Waals surface area contributed by atoms with E-state index >= 15 is 0 Å². The van der Waals surface area contributed by atoms with Gasteiger partial charge in [0, 0.05) is 0 Å². The predicted octanol–water partition coefficient (Wildman–Crippen LogP) is 2.85. The highest BCUT2D eigenvalue weighted by Gasteiger charge is 2.31. The third kappa shape index (κ3) is 2.39. The van der Waals surface area contributed by atoms with Gasteiger partial charge in [-0.3, -0.25) is 0 Å². The van der Waals surface area contributed by atoms with Gasteiger partial charge < -0.3 is 14.6 Å². The van der Waals surface area contributed by atoms with Crippen LogP contribution in [-0.2, 0) is 5.60 Å². The third-order valence-electron chi connectivity index (χ3n) is 3.21. The van der Waals surface area contributed by atoms with E-state index in [2.05, 4.69) is 0 Å². The minimum Gasteiger partial charge on any atom is -0.475 e. The number of furan rings is 1. The number of rotatable bonds is 3. The highest BCUT2D eigenvalue weighted by Crippen LogP contribution is 2.33. The molecule has 1 heterocycles. The summed E-state index contributed by atoms with van der Waals surface area (Å²) in [5.41, 5.74) is 1.29. The Morgan fingerprint density at radius 2 is 1.89 bits per heavy atom. The molecule has 0 aliphatic rings. The molecule has 1 aromatic carbocycles. The van der Waals surface area contributed by atoms with Gasteiger partial charge >= 0.3 is 5.97 Å². The van der Waals surface area contributed by atoms with E-state index in [1.807, 2.05) is 32.0 Å². The molecule has 0 radical (unpaired) electrons. The maximum absolute atomic E-state index is 10.8. The van der Waals surface area contributed by atoms with Crippen molar-refractivity contribution in [1.29, 1.82) is 0 Å². The molecule has 2 rings (SSSR count). The number of benzene rings is 1. The van der Waals surface area contributed by atoms with E-state index in [9.17, 15) is 9.90 Å². The Bertz CT molecular complexity index is 623. The molecule has 2 N–H and O–H groups in total. The SMILES string of the molecule is Cc1ccc(C)c(C(C)(O)c2ccc(C(=O)O)o2)c1. The van der Waals surface area contributed by atoms with Crippen molar-refractivity contribution in [3.05, 3.63) is 58.5 Å². The van der Waals surface area contributed by atoms with Gasteiger partial charge in [-0.05, 0) is 44.0 Å². The highest BCUT2D eigenvalue weighted by molar-refractivity contribution is 5.84. The van der Waals surface area contributed by atoms with Crippen LogP contribution in [0.15, 0.2) is 34.7 Å². The van der Waals surface area contributed by atoms with Crippen LogP contribution in [-0.4, -0.2) is 16.2 Å². The molecule has 0 aliphatic heterocycles. The van der Waals surface area contributed by atoms with Gasteiger partial charge in [0.15, 0.2) is 0 Å². The highest BCUT2D eigenvalue weighted by atomic mass is 16.4. The second kappa shape index (κ2) is 4.55. The molecule has 0 bridgehead atoms. The summed E-state index contributed by atoms with van der Waals surface area (Å²) in [7, 11) is 0. The number of carboxylic acid groups (broad SMARTS) is 1. The predicted molar refractivity (Wildman–Crippen MR) is 70.3 cm³/mol. The van der Waals surface area contributed by atoms with Crippen molar-refractivity contribution in [3.63, 3.8) is 0 Å². The molecule has 4 heteroatoms. The van der Waals surface area contributed by atoms with Crippen LogP contribution < -0.4 is 0 Å². The average Bonchev–Trinajstić information content (AvgIpc) is 2.82. The second-order valence-corrected chi connectivity index (χ2v) is 4.86. The van der Waals surface area contributed by atoms with E-state index < -0.39 is 11.6 Å². The number of hydrogen-bond acceptors (Lipinski definition) is 3. The second-order valence-electron chi connectivity index (χ2n) is 4.86. The van der Waals surface area contributed by atoms with Gasteiger partial charge in [0.1, 0.15) is 11.4 Å². The molecule has 1 atom stereocenters. The van der Waals surface area contributed by atoms with Gasteiger partial charge in [-0.25, -0.2) is 4.79 Å². The Balaban J connectivity index is 2.51. The first-order valence-corrected chi connectivity index (χ1v) is 5.96. The lowest BCUT2D eigenvalue weighted by Gasteiger charge is -2.23. The smallest absolute Gasteiger partial charge is 0.371 e. The molecule has 0 saturated carbocycles. The number of carbonyl (C=O) groups is 1. The summed E-state index contributed by atoms with van der Waals surface area (Å²) in [6.07, 6.45) is 0. The van der Waals surface area contributed by atoms with E-state index in [1.165, 1.54) is 12.1 Å². The fraction of sp³-hybridized carbons (Fsp3) is 0.267. The van der Waals surface area contributed by atoms with Gasteiger partial charge in [-0.15, -0.1) is 0 Å². The molecule has 2 aromatic rings. The van der Waals surface area contributed by atoms with Crippen LogP contribution in [0.5, 0.6) is 0 Å². The standard InChI is InChI=1S/C15H16O4/c1-9-4-5-10(2)11(8-9)15(3,18)13-7-6-12(19-13)14(16)17/h4-8,18H,1-3H3,(H,16,17). The molecule has 100 valence electrons. The Hall–Kier alpha value is -2.07. The van der Waals surface area contributed by atoms with Crippen LogP contribution in [0.1, 0.15) is 39.9 Å². The first kappa shape index (κ1) is 13.4. The lowest BCUT2D eigenvalue weighted by atomic mass is 9.89. The van der Waals surface area contributed by atoms with Gasteiger partial charge in [0.05, 0.1) is 0 Å². The largest absolute Gasteiger partial charge is 0.475 e. The summed E-state index contributed by atoms with van der Waals surface area (Å²) in [6, 6.07) is 8.58. The number of aryl methyl sites for hydroxylation is 2. The van der Waals surface area contributed by atoms with Crippen LogP contribution >= 0.6 is 0 Å². The Labute approximate surface area is 111 Å². The number of aliphatic hydroxyl groups is 1. The molecule has 19 heavy (non-hydrogen) atoms. The molecule has 1 unspecified atom stereocenters. The first-order valence-electron chi connectivity index (χ1n) is 5.96. The summed E-state index contributed by atoms with van der Waals surface area (Å²) in [4.78, 5) is 10.8. The van der Waals surface area contributed by atoms with Crippen molar-refractivity contribution < 1.29 is 19.4 Å². The first-order chi connectivity index (χ1) is 8.82. The van der Waals surface area contributed by atoms with Crippen molar-refractivity contribution in [2.24, 2.45) is 0 Å². The minimum absolute atomic E-state index is 0.180. The van der Waals surface area contributed by atoms with Crippen LogP contribution in [0.2, 0.25) is 0 Å². The molecule has 0 amide bonds. The van der Waals surface area contributed by atoms with Crippen molar-refractivity contribution in [1.82, 2.24) is 0 Å². The normalized spacial score (nSPS) is 14.1. The molecule has 0 aliphatic carbocycles. The fourth-order valence-corrected chi connectivity index (χ4v) is 2.11. The molecule has 0 spiro atoms. The molecular formula is C15H16O4. The monoisotopic (exact) mass is 260 g/mol. The number of aromatic carboxylic acids is 1. The van der Waals surface area contributed by atoms with Crippen molar-refractivity contribution >= 4 is 5.97 Å². The molecule has 0 fully saturated rings. The van der Waals surface area contributed by atoms with Crippen LogP contribution in [0, 0.1) is 13.8 Å². The van der Waals surface area contributed by atoms with Gasteiger partial charge in [-0.1, -0.05) is 23.8 Å². The van der Waals surface area contributed by atoms with E-state index in [1.54, 1.807) is 6.92 Å². The number of carboxylic acids is 1. The average molecular weight is 260 g/mol. The maximum Gasteiger partial charge on any atom is 0.371 e. The Morgan fingerprint density at radius 3 is 2.47 bits per heavy atom. The molecule has 0 saturated heterocycles. The molecular weight excluding hydrogens is 244 g/mol. The van der Waals surface area contributed by atoms with E-state index in [0.29, 0.717) is 5.56 Å². The van der Waals surface area contributed by atoms with E-state index in [4.69, 9.17) is 9.52 Å². The summed E-state index contributed by atoms with van der Waals surface area (Å²) in [6.45, 7) is 5.42. The summed E-state index contributed by atoms with van der Waals surface area (Å²) >= 11 is 0. The molecule has 4 nitrogen and oxygen atoms in total. The topological polar surface area (TPSA) is 70.7 Å². The van der Waals surface area contributed by atoms with Crippen molar-refractivity contribution in [3.8, 4) is 0 Å². The minimum atomic E-state index is -1.36. The summed E-state index contributed by atoms with van der Waals surface area (Å²) in [5, 5.41) is 19.5. The molecule has 1 aromatic heterocycles. The van der Waals surface area contributed by atoms with Gasteiger partial charge in [0.2, 0.25) is 5.76 Å². The summed E-state index contributed by atoms with van der Waals surface area (Å²) < 4.78 is 5.21. The Morgan fingerprint density at radius 1 is 1.21 bits per heavy atom. The maximum atomic E-state index is 10.8. The number of hydrogen-bond donors (Lipinski definition) is 2. The third-order valence-corrected chi connectivity index (χ3v) is 3.21. The lowest BCUT2D eigenvalue weighted by Crippen LogP contribution is -2.23. The zero-order valence-corrected chi connectivity index (χ0v) is 11.1. The fourth-order valence-electron chi connectivity index (χ4n) is 2.11. The quantitative estimate of drug-likeness (QED) is 0.890. The van der Waals surface area contributed by atoms with Crippen LogP contribution in [0.4, 0.5) is 0 Å². The van der Waals surface area contributed by atoms with Crippen LogP contribution in [0.3, 0.4) is 0 Å². The van der Waals surface area contributed by atoms with Gasteiger partial charge in [0.25, 0.3) is 0 Å². The zero-order valence-electron chi connectivity index (χ0n) is 11.1. The van der Waals surface area contributed by atoms with Crippen molar-refractivity contribution in [2.45, 2.75) is 26.4 Å². The lowest BCUT2D eigenvalue weighted by molar-refractivity contribution is 0.0600. The zero-order chi connectivity index (χ0) is 14.2. The van der Waals surface area contributed by atoms with Crippen LogP contribution in [0.25, 0.3) is 0 Å². The van der Waals surface area contributed by atoms with Crippen molar-refractivity contribution in [2.75, 3.05) is 0 Å². The van der Waals surface area contributed by atoms with Gasteiger partial charge in [-0.2, -0.15) is 0 Å². The summed E-state index contributed by atoms with van der Waals surface area (Å²) in [5.74, 6) is -1.11.